The molecular formula is C64H42N4. The third-order valence-corrected chi connectivity index (χ3v) is 13.3. The number of benzene rings is 10. The maximum Gasteiger partial charge on any atom is 0.160 e. The second kappa shape index (κ2) is 16.4. The zero-order chi connectivity index (χ0) is 45.0. The SMILES string of the molecule is c1ccc(-c2ccc(-c3cc(-c4cccc(-c5cccc(-n6c7ccccc7c7ccccc76)c5)c4)nc(-c4cccc(-c5cccc(-n6c7ccccc7c7ccccc76)c5)c4)n3)cc2)cc1. The molecule has 3 heterocycles. The van der Waals surface area contributed by atoms with Crippen molar-refractivity contribution >= 4 is 43.6 Å². The molecular weight excluding hydrogens is 825 g/mol. The van der Waals surface area contributed by atoms with E-state index in [-0.39, 0.29) is 0 Å². The minimum Gasteiger partial charge on any atom is -0.309 e. The van der Waals surface area contributed by atoms with Crippen molar-refractivity contribution in [2.75, 3.05) is 0 Å². The van der Waals surface area contributed by atoms with Crippen molar-refractivity contribution in [1.82, 2.24) is 19.1 Å². The first-order chi connectivity index (χ1) is 33.7. The Bertz CT molecular complexity index is 3700. The Morgan fingerprint density at radius 3 is 1.06 bits per heavy atom. The molecule has 0 bridgehead atoms. The molecule has 0 fully saturated rings. The highest BCUT2D eigenvalue weighted by atomic mass is 15.0. The van der Waals surface area contributed by atoms with Crippen LogP contribution in [-0.4, -0.2) is 19.1 Å². The lowest BCUT2D eigenvalue weighted by molar-refractivity contribution is 1.18. The monoisotopic (exact) mass is 866 g/mol. The maximum absolute atomic E-state index is 5.37. The van der Waals surface area contributed by atoms with Crippen LogP contribution >= 0.6 is 0 Å². The zero-order valence-electron chi connectivity index (χ0n) is 37.0. The molecule has 0 aliphatic heterocycles. The number of nitrogens with zero attached hydrogens (tertiary/aromatic N) is 4. The van der Waals surface area contributed by atoms with Crippen LogP contribution in [0.25, 0.3) is 122 Å². The van der Waals surface area contributed by atoms with Gasteiger partial charge >= 0.3 is 0 Å². The maximum atomic E-state index is 5.37. The van der Waals surface area contributed by atoms with Gasteiger partial charge in [-0.25, -0.2) is 9.97 Å². The summed E-state index contributed by atoms with van der Waals surface area (Å²) < 4.78 is 4.74. The predicted octanol–water partition coefficient (Wildman–Crippen LogP) is 16.7. The first kappa shape index (κ1) is 39.3. The van der Waals surface area contributed by atoms with E-state index in [4.69, 9.17) is 9.97 Å². The summed E-state index contributed by atoms with van der Waals surface area (Å²) in [5, 5.41) is 4.99. The lowest BCUT2D eigenvalue weighted by Crippen LogP contribution is -1.97. The Balaban J connectivity index is 0.912. The first-order valence-corrected chi connectivity index (χ1v) is 23.1. The van der Waals surface area contributed by atoms with E-state index in [0.29, 0.717) is 5.82 Å². The second-order valence-electron chi connectivity index (χ2n) is 17.4. The molecule has 10 aromatic carbocycles. The fourth-order valence-electron chi connectivity index (χ4n) is 10.1. The molecule has 13 aromatic rings. The van der Waals surface area contributed by atoms with Gasteiger partial charge in [0, 0.05) is 49.6 Å². The predicted molar refractivity (Wildman–Crippen MR) is 283 cm³/mol. The summed E-state index contributed by atoms with van der Waals surface area (Å²) in [6.07, 6.45) is 0. The summed E-state index contributed by atoms with van der Waals surface area (Å²) in [5.74, 6) is 0.670. The van der Waals surface area contributed by atoms with E-state index in [1.165, 1.54) is 49.2 Å². The van der Waals surface area contributed by atoms with Crippen LogP contribution in [0.5, 0.6) is 0 Å². The average Bonchev–Trinajstić information content (AvgIpc) is 3.94. The lowest BCUT2D eigenvalue weighted by Gasteiger charge is -2.13. The molecule has 68 heavy (non-hydrogen) atoms. The van der Waals surface area contributed by atoms with E-state index in [0.717, 1.165) is 67.3 Å². The van der Waals surface area contributed by atoms with Crippen LogP contribution in [0, 0.1) is 0 Å². The quantitative estimate of drug-likeness (QED) is 0.153. The van der Waals surface area contributed by atoms with E-state index < -0.39 is 0 Å². The van der Waals surface area contributed by atoms with Gasteiger partial charge in [0.05, 0.1) is 33.5 Å². The molecule has 0 saturated carbocycles. The number of rotatable bonds is 8. The van der Waals surface area contributed by atoms with Crippen molar-refractivity contribution in [3.05, 3.63) is 255 Å². The van der Waals surface area contributed by atoms with Gasteiger partial charge in [-0.1, -0.05) is 188 Å². The lowest BCUT2D eigenvalue weighted by atomic mass is 9.99. The number of para-hydroxylation sites is 4. The number of hydrogen-bond donors (Lipinski definition) is 0. The van der Waals surface area contributed by atoms with Gasteiger partial charge in [-0.15, -0.1) is 0 Å². The Kier molecular flexibility index (Phi) is 9.47. The van der Waals surface area contributed by atoms with Crippen LogP contribution in [0.1, 0.15) is 0 Å². The van der Waals surface area contributed by atoms with Gasteiger partial charge in [-0.05, 0) is 100 Å². The van der Waals surface area contributed by atoms with E-state index >= 15 is 0 Å². The van der Waals surface area contributed by atoms with E-state index in [9.17, 15) is 0 Å². The molecule has 318 valence electrons. The molecule has 0 aliphatic carbocycles. The molecule has 0 radical (unpaired) electrons. The second-order valence-corrected chi connectivity index (χ2v) is 17.4. The number of fused-ring (bicyclic) bond motifs is 6. The summed E-state index contributed by atoms with van der Waals surface area (Å²) in [6.45, 7) is 0. The van der Waals surface area contributed by atoms with Crippen molar-refractivity contribution in [1.29, 1.82) is 0 Å². The molecule has 13 rings (SSSR count). The molecule has 0 N–H and O–H groups in total. The first-order valence-electron chi connectivity index (χ1n) is 23.1. The molecule has 0 amide bonds. The van der Waals surface area contributed by atoms with Gasteiger partial charge in [0.1, 0.15) is 0 Å². The van der Waals surface area contributed by atoms with Crippen LogP contribution in [0.4, 0.5) is 0 Å². The number of hydrogen-bond acceptors (Lipinski definition) is 2. The summed E-state index contributed by atoms with van der Waals surface area (Å²) in [4.78, 5) is 10.7. The largest absolute Gasteiger partial charge is 0.309 e. The molecule has 0 aliphatic rings. The van der Waals surface area contributed by atoms with Crippen LogP contribution in [0.2, 0.25) is 0 Å². The fourth-order valence-corrected chi connectivity index (χ4v) is 10.1. The summed E-state index contributed by atoms with van der Waals surface area (Å²) in [7, 11) is 0. The summed E-state index contributed by atoms with van der Waals surface area (Å²) in [6, 6.07) is 91.1. The Morgan fingerprint density at radius 2 is 0.559 bits per heavy atom. The van der Waals surface area contributed by atoms with E-state index in [1.54, 1.807) is 0 Å². The minimum atomic E-state index is 0.670. The van der Waals surface area contributed by atoms with Gasteiger partial charge in [0.25, 0.3) is 0 Å². The van der Waals surface area contributed by atoms with Gasteiger partial charge in [-0.3, -0.25) is 0 Å². The van der Waals surface area contributed by atoms with Gasteiger partial charge in [0.2, 0.25) is 0 Å². The van der Waals surface area contributed by atoms with Crippen LogP contribution in [0.15, 0.2) is 255 Å². The van der Waals surface area contributed by atoms with Gasteiger partial charge in [-0.2, -0.15) is 0 Å². The molecule has 4 heteroatoms. The third kappa shape index (κ3) is 6.86. The highest BCUT2D eigenvalue weighted by Gasteiger charge is 2.17. The summed E-state index contributed by atoms with van der Waals surface area (Å²) >= 11 is 0. The van der Waals surface area contributed by atoms with E-state index in [1.807, 2.05) is 0 Å². The molecule has 0 atom stereocenters. The smallest absolute Gasteiger partial charge is 0.160 e. The third-order valence-electron chi connectivity index (χ3n) is 13.3. The fraction of sp³-hybridized carbons (Fsp3) is 0. The van der Waals surface area contributed by atoms with Crippen molar-refractivity contribution in [2.45, 2.75) is 0 Å². The number of aromatic nitrogens is 4. The molecule has 0 unspecified atom stereocenters. The Morgan fingerprint density at radius 1 is 0.221 bits per heavy atom. The van der Waals surface area contributed by atoms with Crippen LogP contribution in [-0.2, 0) is 0 Å². The van der Waals surface area contributed by atoms with E-state index in [2.05, 4.69) is 264 Å². The topological polar surface area (TPSA) is 35.6 Å². The highest BCUT2D eigenvalue weighted by molar-refractivity contribution is 6.10. The normalized spacial score (nSPS) is 11.5. The van der Waals surface area contributed by atoms with Crippen molar-refractivity contribution in [3.8, 4) is 78.7 Å². The molecule has 0 saturated heterocycles. The van der Waals surface area contributed by atoms with Crippen LogP contribution < -0.4 is 0 Å². The molecule has 0 spiro atoms. The standard InChI is InChI=1S/C64H42N4/c1-2-16-43(17-3-1)44-34-36-45(37-35-44)58-42-59(50-22-12-18-46(38-50)48-20-14-24-52(40-48)67-60-30-8-4-26-54(60)55-27-5-9-31-61(55)67)66-64(65-58)51-23-13-19-47(39-51)49-21-15-25-53(41-49)68-62-32-10-6-28-56(62)57-29-7-11-33-63(57)68/h1-42H. The van der Waals surface area contributed by atoms with Gasteiger partial charge in [0.15, 0.2) is 5.82 Å². The molecule has 4 nitrogen and oxygen atoms in total. The molecule has 3 aromatic heterocycles. The Labute approximate surface area is 394 Å². The van der Waals surface area contributed by atoms with Gasteiger partial charge < -0.3 is 9.13 Å². The summed E-state index contributed by atoms with van der Waals surface area (Å²) in [5.41, 5.74) is 18.5. The highest BCUT2D eigenvalue weighted by Crippen LogP contribution is 2.37. The van der Waals surface area contributed by atoms with Crippen molar-refractivity contribution < 1.29 is 0 Å². The van der Waals surface area contributed by atoms with Crippen LogP contribution in [0.3, 0.4) is 0 Å². The Hall–Kier alpha value is -9.12. The van der Waals surface area contributed by atoms with Crippen molar-refractivity contribution in [3.63, 3.8) is 0 Å². The average molecular weight is 867 g/mol. The minimum absolute atomic E-state index is 0.670. The zero-order valence-corrected chi connectivity index (χ0v) is 37.0. The van der Waals surface area contributed by atoms with Crippen molar-refractivity contribution in [2.24, 2.45) is 0 Å².